The molecule has 1 fully saturated rings. The Morgan fingerprint density at radius 3 is 2.41 bits per heavy atom. The number of esters is 1. The van der Waals surface area contributed by atoms with E-state index in [1.165, 1.54) is 31.9 Å². The molecule has 1 aromatic carbocycles. The summed E-state index contributed by atoms with van der Waals surface area (Å²) in [5.41, 5.74) is 7.64. The average molecular weight is 416 g/mol. The van der Waals surface area contributed by atoms with Gasteiger partial charge in [-0.2, -0.15) is 0 Å². The van der Waals surface area contributed by atoms with E-state index >= 15 is 0 Å². The molecular formula is C21H24N2O5S. The highest BCUT2D eigenvalue weighted by Crippen LogP contribution is 2.36. The van der Waals surface area contributed by atoms with Crippen LogP contribution in [0.15, 0.2) is 24.3 Å². The molecule has 0 aliphatic heterocycles. The molecule has 0 spiro atoms. The van der Waals surface area contributed by atoms with Crippen LogP contribution in [-0.4, -0.2) is 38.1 Å². The van der Waals surface area contributed by atoms with Crippen molar-refractivity contribution in [3.05, 3.63) is 51.4 Å². The zero-order valence-electron chi connectivity index (χ0n) is 16.4. The van der Waals surface area contributed by atoms with Crippen LogP contribution < -0.4 is 11.1 Å². The molecule has 0 saturated heterocycles. The van der Waals surface area contributed by atoms with Gasteiger partial charge in [0.05, 0.1) is 17.0 Å². The van der Waals surface area contributed by atoms with Gasteiger partial charge >= 0.3 is 5.97 Å². The Morgan fingerprint density at radius 2 is 1.86 bits per heavy atom. The first-order chi connectivity index (χ1) is 13.9. The first kappa shape index (κ1) is 21.0. The minimum atomic E-state index is -0.663. The van der Waals surface area contributed by atoms with E-state index in [0.717, 1.165) is 11.3 Å². The normalized spacial score (nSPS) is 13.6. The summed E-state index contributed by atoms with van der Waals surface area (Å²) in [5.74, 6) is -1.09. The van der Waals surface area contributed by atoms with Gasteiger partial charge in [0.2, 0.25) is 0 Å². The van der Waals surface area contributed by atoms with Crippen LogP contribution in [0.1, 0.15) is 66.7 Å². The zero-order valence-corrected chi connectivity index (χ0v) is 17.3. The van der Waals surface area contributed by atoms with Crippen LogP contribution in [0, 0.1) is 6.92 Å². The number of hydrogen-bond donors (Lipinski definition) is 2. The number of carbonyl (C=O) groups is 3. The summed E-state index contributed by atoms with van der Waals surface area (Å²) in [4.78, 5) is 37.1. The fourth-order valence-electron chi connectivity index (χ4n) is 3.20. The fourth-order valence-corrected chi connectivity index (χ4v) is 4.24. The standard InChI is InChI=1S/C21H24N2O5S/c1-12-16(21(26)28-11-10-27-2)20(29-17(12)18(22)24)23-19(25)15-8-6-14(7-9-15)13-4-3-5-13/h6-9,13H,3-5,10-11H2,1-2H3,(H2,22,24)(H,23,25). The Balaban J connectivity index is 1.81. The summed E-state index contributed by atoms with van der Waals surface area (Å²) < 4.78 is 10.0. The molecule has 8 heteroatoms. The molecule has 154 valence electrons. The lowest BCUT2D eigenvalue weighted by atomic mass is 9.80. The minimum absolute atomic E-state index is 0.0620. The van der Waals surface area contributed by atoms with Crippen molar-refractivity contribution in [3.63, 3.8) is 0 Å². The van der Waals surface area contributed by atoms with Crippen molar-refractivity contribution < 1.29 is 23.9 Å². The monoisotopic (exact) mass is 416 g/mol. The number of benzene rings is 1. The SMILES string of the molecule is COCCOC(=O)c1c(NC(=O)c2ccc(C3CCC3)cc2)sc(C(N)=O)c1C. The zero-order chi connectivity index (χ0) is 21.0. The molecule has 0 radical (unpaired) electrons. The lowest BCUT2D eigenvalue weighted by molar-refractivity contribution is 0.0389. The van der Waals surface area contributed by atoms with Gasteiger partial charge in [0, 0.05) is 12.7 Å². The summed E-state index contributed by atoms with van der Waals surface area (Å²) in [6.07, 6.45) is 3.62. The van der Waals surface area contributed by atoms with E-state index in [0.29, 0.717) is 17.0 Å². The Kier molecular flexibility index (Phi) is 6.66. The number of nitrogens with two attached hydrogens (primary N) is 1. The molecular weight excluding hydrogens is 392 g/mol. The molecule has 0 bridgehead atoms. The number of rotatable bonds is 8. The van der Waals surface area contributed by atoms with Gasteiger partial charge in [-0.3, -0.25) is 9.59 Å². The van der Waals surface area contributed by atoms with Crippen LogP contribution in [0.4, 0.5) is 5.00 Å². The topological polar surface area (TPSA) is 108 Å². The predicted molar refractivity (Wildman–Crippen MR) is 111 cm³/mol. The van der Waals surface area contributed by atoms with Crippen molar-refractivity contribution in [2.75, 3.05) is 25.6 Å². The maximum Gasteiger partial charge on any atom is 0.341 e. The molecule has 2 aromatic rings. The second kappa shape index (κ2) is 9.19. The predicted octanol–water partition coefficient (Wildman–Crippen LogP) is 3.48. The van der Waals surface area contributed by atoms with Crippen LogP contribution in [0.5, 0.6) is 0 Å². The Morgan fingerprint density at radius 1 is 1.17 bits per heavy atom. The van der Waals surface area contributed by atoms with Crippen LogP contribution in [0.3, 0.4) is 0 Å². The average Bonchev–Trinajstić information content (AvgIpc) is 2.97. The Hall–Kier alpha value is -2.71. The number of anilines is 1. The van der Waals surface area contributed by atoms with E-state index < -0.39 is 11.9 Å². The summed E-state index contributed by atoms with van der Waals surface area (Å²) in [5, 5.41) is 2.97. The number of ether oxygens (including phenoxy) is 2. The molecule has 3 N–H and O–H groups in total. The summed E-state index contributed by atoms with van der Waals surface area (Å²) in [7, 11) is 1.50. The molecule has 1 saturated carbocycles. The van der Waals surface area contributed by atoms with Crippen LogP contribution >= 0.6 is 11.3 Å². The molecule has 2 amide bonds. The van der Waals surface area contributed by atoms with E-state index in [9.17, 15) is 14.4 Å². The fraction of sp³-hybridized carbons (Fsp3) is 0.381. The number of thiophene rings is 1. The van der Waals surface area contributed by atoms with E-state index in [2.05, 4.69) is 5.32 Å². The van der Waals surface area contributed by atoms with Crippen molar-refractivity contribution in [2.45, 2.75) is 32.1 Å². The molecule has 0 atom stereocenters. The van der Waals surface area contributed by atoms with Gasteiger partial charge in [-0.25, -0.2) is 4.79 Å². The molecule has 3 rings (SSSR count). The van der Waals surface area contributed by atoms with E-state index in [1.807, 2.05) is 12.1 Å². The minimum Gasteiger partial charge on any atom is -0.460 e. The number of primary amides is 1. The first-order valence-electron chi connectivity index (χ1n) is 9.43. The third kappa shape index (κ3) is 4.65. The highest BCUT2D eigenvalue weighted by atomic mass is 32.1. The van der Waals surface area contributed by atoms with E-state index in [-0.39, 0.29) is 34.6 Å². The van der Waals surface area contributed by atoms with Gasteiger partial charge < -0.3 is 20.5 Å². The summed E-state index contributed by atoms with van der Waals surface area (Å²) in [6.45, 7) is 1.91. The highest BCUT2D eigenvalue weighted by Gasteiger charge is 2.26. The number of methoxy groups -OCH3 is 1. The lowest BCUT2D eigenvalue weighted by Crippen LogP contribution is -2.16. The lowest BCUT2D eigenvalue weighted by Gasteiger charge is -2.25. The molecule has 0 unspecified atom stereocenters. The second-order valence-corrected chi connectivity index (χ2v) is 7.98. The summed E-state index contributed by atoms with van der Waals surface area (Å²) >= 11 is 0.967. The van der Waals surface area contributed by atoms with Crippen molar-refractivity contribution >= 4 is 34.1 Å². The maximum atomic E-state index is 12.7. The molecule has 29 heavy (non-hydrogen) atoms. The Bertz CT molecular complexity index is 916. The third-order valence-corrected chi connectivity index (χ3v) is 6.29. The first-order valence-corrected chi connectivity index (χ1v) is 10.2. The molecule has 7 nitrogen and oxygen atoms in total. The smallest absolute Gasteiger partial charge is 0.341 e. The summed E-state index contributed by atoms with van der Waals surface area (Å²) in [6, 6.07) is 7.48. The molecule has 1 heterocycles. The van der Waals surface area contributed by atoms with E-state index in [4.69, 9.17) is 15.2 Å². The van der Waals surface area contributed by atoms with Gasteiger partial charge in [0.1, 0.15) is 11.6 Å². The number of carbonyl (C=O) groups excluding carboxylic acids is 3. The molecule has 1 aliphatic carbocycles. The number of nitrogens with one attached hydrogen (secondary N) is 1. The van der Waals surface area contributed by atoms with E-state index in [1.54, 1.807) is 19.1 Å². The van der Waals surface area contributed by atoms with Gasteiger partial charge in [0.25, 0.3) is 11.8 Å². The van der Waals surface area contributed by atoms with Crippen LogP contribution in [0.2, 0.25) is 0 Å². The highest BCUT2D eigenvalue weighted by molar-refractivity contribution is 7.18. The quantitative estimate of drug-likeness (QED) is 0.506. The van der Waals surface area contributed by atoms with Gasteiger partial charge in [-0.05, 0) is 48.9 Å². The van der Waals surface area contributed by atoms with Gasteiger partial charge in [0.15, 0.2) is 0 Å². The number of hydrogen-bond acceptors (Lipinski definition) is 6. The second-order valence-electron chi connectivity index (χ2n) is 6.96. The number of amides is 2. The third-order valence-electron chi connectivity index (χ3n) is 5.07. The largest absolute Gasteiger partial charge is 0.460 e. The van der Waals surface area contributed by atoms with Crippen LogP contribution in [-0.2, 0) is 9.47 Å². The Labute approximate surface area is 173 Å². The molecule has 1 aromatic heterocycles. The van der Waals surface area contributed by atoms with Crippen LogP contribution in [0.25, 0.3) is 0 Å². The van der Waals surface area contributed by atoms with Crippen molar-refractivity contribution in [1.29, 1.82) is 0 Å². The van der Waals surface area contributed by atoms with Crippen molar-refractivity contribution in [1.82, 2.24) is 0 Å². The molecule has 1 aliphatic rings. The van der Waals surface area contributed by atoms with Crippen molar-refractivity contribution in [2.24, 2.45) is 5.73 Å². The maximum absolute atomic E-state index is 12.7. The van der Waals surface area contributed by atoms with Gasteiger partial charge in [-0.1, -0.05) is 18.6 Å². The van der Waals surface area contributed by atoms with Gasteiger partial charge in [-0.15, -0.1) is 11.3 Å². The van der Waals surface area contributed by atoms with Crippen molar-refractivity contribution in [3.8, 4) is 0 Å².